The smallest absolute Gasteiger partial charge is 0.305 e. The van der Waals surface area contributed by atoms with Crippen LogP contribution >= 0.6 is 21.6 Å². The van der Waals surface area contributed by atoms with Crippen molar-refractivity contribution in [2.75, 3.05) is 25.6 Å². The lowest BCUT2D eigenvalue weighted by Crippen LogP contribution is -2.08. The van der Waals surface area contributed by atoms with Gasteiger partial charge in [0, 0.05) is 37.1 Å². The van der Waals surface area contributed by atoms with Gasteiger partial charge in [0.2, 0.25) is 0 Å². The monoisotopic (exact) mass is 488 g/mol. The fraction of sp³-hybridized carbons (Fsp3) is 0.963. The lowest BCUT2D eigenvalue weighted by Gasteiger charge is -2.08. The maximum Gasteiger partial charge on any atom is 0.305 e. The Kier molecular flexibility index (Phi) is 22.9. The molecule has 1 fully saturated rings. The van der Waals surface area contributed by atoms with Crippen LogP contribution in [0.25, 0.3) is 0 Å². The van der Waals surface area contributed by atoms with Gasteiger partial charge in [-0.3, -0.25) is 4.79 Å². The number of carbonyl (C=O) groups excluding carboxylic acids is 1. The number of hydrogen-bond acceptors (Lipinski definition) is 5. The number of rotatable bonds is 24. The molecule has 1 rings (SSSR count). The fourth-order valence-corrected chi connectivity index (χ4v) is 7.15. The minimum absolute atomic E-state index is 0.0366. The highest BCUT2D eigenvalue weighted by Crippen LogP contribution is 2.39. The zero-order chi connectivity index (χ0) is 23.0. The Morgan fingerprint density at radius 1 is 0.719 bits per heavy atom. The highest BCUT2D eigenvalue weighted by Gasteiger charge is 2.15. The summed E-state index contributed by atoms with van der Waals surface area (Å²) in [5, 5.41) is 0.813. The third-order valence-corrected chi connectivity index (χ3v) is 9.23. The summed E-state index contributed by atoms with van der Waals surface area (Å²) in [5.74, 6) is 1.25. The van der Waals surface area contributed by atoms with E-state index in [2.05, 4.69) is 6.92 Å². The summed E-state index contributed by atoms with van der Waals surface area (Å²) in [4.78, 5) is 11.7. The van der Waals surface area contributed by atoms with E-state index in [0.29, 0.717) is 19.6 Å². The predicted molar refractivity (Wildman–Crippen MR) is 144 cm³/mol. The molecule has 5 heteroatoms. The molecule has 32 heavy (non-hydrogen) atoms. The Bertz CT molecular complexity index is 400. The van der Waals surface area contributed by atoms with Crippen LogP contribution in [0.1, 0.15) is 135 Å². The average molecular weight is 489 g/mol. The maximum atomic E-state index is 11.7. The van der Waals surface area contributed by atoms with E-state index in [4.69, 9.17) is 9.47 Å². The van der Waals surface area contributed by atoms with Gasteiger partial charge in [-0.15, -0.1) is 0 Å². The van der Waals surface area contributed by atoms with Crippen molar-refractivity contribution >= 4 is 27.6 Å². The molecule has 0 aromatic rings. The number of hydrogen-bond donors (Lipinski definition) is 0. The molecular weight excluding hydrogens is 436 g/mol. The molecule has 0 unspecified atom stereocenters. The van der Waals surface area contributed by atoms with Crippen molar-refractivity contribution in [3.8, 4) is 0 Å². The molecule has 0 radical (unpaired) electrons. The van der Waals surface area contributed by atoms with Crippen molar-refractivity contribution in [2.45, 2.75) is 141 Å². The minimum Gasteiger partial charge on any atom is -0.466 e. The van der Waals surface area contributed by atoms with E-state index >= 15 is 0 Å². The maximum absolute atomic E-state index is 11.7. The topological polar surface area (TPSA) is 35.5 Å². The molecule has 1 atom stereocenters. The minimum atomic E-state index is -0.0366. The summed E-state index contributed by atoms with van der Waals surface area (Å²) in [6.07, 6.45) is 25.5. The molecular formula is C27H52O3S2. The second-order valence-corrected chi connectivity index (χ2v) is 12.1. The fourth-order valence-electron chi connectivity index (χ4n) is 4.13. The Morgan fingerprint density at radius 2 is 1.31 bits per heavy atom. The van der Waals surface area contributed by atoms with Gasteiger partial charge in [-0.2, -0.15) is 0 Å². The zero-order valence-corrected chi connectivity index (χ0v) is 22.7. The molecule has 3 nitrogen and oxygen atoms in total. The molecule has 0 saturated carbocycles. The van der Waals surface area contributed by atoms with Crippen LogP contribution in [0.15, 0.2) is 0 Å². The predicted octanol–water partition coefficient (Wildman–Crippen LogP) is 9.13. The lowest BCUT2D eigenvalue weighted by molar-refractivity contribution is -0.144. The Balaban J connectivity index is 1.67. The summed E-state index contributed by atoms with van der Waals surface area (Å²) >= 11 is 0. The second-order valence-electron chi connectivity index (χ2n) is 9.36. The molecule has 0 aromatic carbocycles. The molecule has 190 valence electrons. The highest BCUT2D eigenvalue weighted by atomic mass is 33.1. The summed E-state index contributed by atoms with van der Waals surface area (Å²) in [6, 6.07) is 0. The second kappa shape index (κ2) is 24.3. The molecule has 1 aliphatic heterocycles. The van der Waals surface area contributed by atoms with Crippen LogP contribution in [0.3, 0.4) is 0 Å². The van der Waals surface area contributed by atoms with Gasteiger partial charge in [-0.1, -0.05) is 118 Å². The van der Waals surface area contributed by atoms with Crippen LogP contribution in [0.4, 0.5) is 0 Å². The van der Waals surface area contributed by atoms with Crippen molar-refractivity contribution in [3.63, 3.8) is 0 Å². The first-order chi connectivity index (χ1) is 15.8. The SMILES string of the molecule is CCCCCCCCCCCCCCCCOCCCOC(=O)CCCC[C@@H]1CCSS1. The molecule has 1 aliphatic rings. The van der Waals surface area contributed by atoms with Crippen LogP contribution in [-0.4, -0.2) is 36.8 Å². The molecule has 0 aliphatic carbocycles. The van der Waals surface area contributed by atoms with Crippen LogP contribution in [0.5, 0.6) is 0 Å². The number of unbranched alkanes of at least 4 members (excludes halogenated alkanes) is 14. The zero-order valence-electron chi connectivity index (χ0n) is 21.1. The molecule has 1 heterocycles. The van der Waals surface area contributed by atoms with Crippen LogP contribution in [-0.2, 0) is 14.3 Å². The Morgan fingerprint density at radius 3 is 1.91 bits per heavy atom. The van der Waals surface area contributed by atoms with Crippen LogP contribution in [0.2, 0.25) is 0 Å². The van der Waals surface area contributed by atoms with Gasteiger partial charge in [-0.05, 0) is 25.7 Å². The van der Waals surface area contributed by atoms with E-state index in [1.165, 1.54) is 102 Å². The quantitative estimate of drug-likeness (QED) is 0.0768. The Hall–Kier alpha value is 0.130. The summed E-state index contributed by atoms with van der Waals surface area (Å²) in [7, 11) is 4.01. The first-order valence-electron chi connectivity index (χ1n) is 13.8. The van der Waals surface area contributed by atoms with Gasteiger partial charge < -0.3 is 9.47 Å². The van der Waals surface area contributed by atoms with Crippen LogP contribution in [0, 0.1) is 0 Å². The van der Waals surface area contributed by atoms with Crippen molar-refractivity contribution in [1.82, 2.24) is 0 Å². The molecule has 1 saturated heterocycles. The summed E-state index contributed by atoms with van der Waals surface area (Å²) < 4.78 is 11.0. The van der Waals surface area contributed by atoms with Crippen molar-refractivity contribution in [1.29, 1.82) is 0 Å². The molecule has 0 N–H and O–H groups in total. The van der Waals surface area contributed by atoms with Crippen LogP contribution < -0.4 is 0 Å². The third kappa shape index (κ3) is 20.7. The lowest BCUT2D eigenvalue weighted by atomic mass is 10.0. The van der Waals surface area contributed by atoms with Crippen molar-refractivity contribution in [2.24, 2.45) is 0 Å². The standard InChI is InChI=1S/C27H52O3S2/c1-2-3-4-5-6-7-8-9-10-11-12-13-14-17-22-29-23-18-24-30-27(28)20-16-15-19-26-21-25-31-32-26/h26H,2-25H2,1H3/t26-/m1/s1. The summed E-state index contributed by atoms with van der Waals surface area (Å²) in [6.45, 7) is 4.35. The van der Waals surface area contributed by atoms with Gasteiger partial charge in [0.1, 0.15) is 0 Å². The van der Waals surface area contributed by atoms with E-state index in [0.717, 1.165) is 37.5 Å². The number of ether oxygens (including phenoxy) is 2. The van der Waals surface area contributed by atoms with Gasteiger partial charge in [0.25, 0.3) is 0 Å². The number of carbonyl (C=O) groups is 1. The Labute approximate surface area is 207 Å². The van der Waals surface area contributed by atoms with Gasteiger partial charge >= 0.3 is 5.97 Å². The van der Waals surface area contributed by atoms with E-state index in [-0.39, 0.29) is 5.97 Å². The summed E-state index contributed by atoms with van der Waals surface area (Å²) in [5.41, 5.74) is 0. The first-order valence-corrected chi connectivity index (χ1v) is 16.2. The molecule has 0 aromatic heterocycles. The van der Waals surface area contributed by atoms with Gasteiger partial charge in [-0.25, -0.2) is 0 Å². The van der Waals surface area contributed by atoms with Gasteiger partial charge in [0.15, 0.2) is 0 Å². The highest BCUT2D eigenvalue weighted by molar-refractivity contribution is 8.77. The number of esters is 1. The largest absolute Gasteiger partial charge is 0.466 e. The average Bonchev–Trinajstić information content (AvgIpc) is 3.32. The van der Waals surface area contributed by atoms with Crippen molar-refractivity contribution < 1.29 is 14.3 Å². The molecule has 0 spiro atoms. The first kappa shape index (κ1) is 30.2. The molecule has 0 bridgehead atoms. The normalized spacial score (nSPS) is 16.0. The van der Waals surface area contributed by atoms with E-state index in [9.17, 15) is 4.79 Å². The van der Waals surface area contributed by atoms with Crippen molar-refractivity contribution in [3.05, 3.63) is 0 Å². The third-order valence-electron chi connectivity index (χ3n) is 6.22. The van der Waals surface area contributed by atoms with E-state index in [1.54, 1.807) is 0 Å². The molecule has 0 amide bonds. The van der Waals surface area contributed by atoms with E-state index in [1.807, 2.05) is 21.6 Å². The van der Waals surface area contributed by atoms with E-state index < -0.39 is 0 Å². The van der Waals surface area contributed by atoms with Gasteiger partial charge in [0.05, 0.1) is 6.61 Å².